The Morgan fingerprint density at radius 2 is 2.11 bits per heavy atom. The maximum absolute atomic E-state index is 5.80. The van der Waals surface area contributed by atoms with Crippen molar-refractivity contribution in [3.8, 4) is 11.6 Å². The fourth-order valence-electron chi connectivity index (χ4n) is 1.78. The van der Waals surface area contributed by atoms with Crippen LogP contribution in [0, 0.1) is 13.8 Å². The van der Waals surface area contributed by atoms with Crippen LogP contribution in [-0.2, 0) is 7.05 Å². The smallest absolute Gasteiger partial charge is 0.231 e. The highest BCUT2D eigenvalue weighted by Crippen LogP contribution is 2.33. The molecule has 0 N–H and O–H groups in total. The predicted molar refractivity (Wildman–Crippen MR) is 70.2 cm³/mol. The summed E-state index contributed by atoms with van der Waals surface area (Å²) in [6.07, 6.45) is 3.48. The van der Waals surface area contributed by atoms with Crippen LogP contribution in [0.15, 0.2) is 17.8 Å². The van der Waals surface area contributed by atoms with Gasteiger partial charge in [-0.15, -0.1) is 11.3 Å². The summed E-state index contributed by atoms with van der Waals surface area (Å²) in [6, 6.07) is 0. The average Bonchev–Trinajstić information content (AvgIpc) is 2.86. The van der Waals surface area contributed by atoms with Gasteiger partial charge in [0, 0.05) is 7.05 Å². The summed E-state index contributed by atoms with van der Waals surface area (Å²) < 4.78 is 7.50. The highest BCUT2D eigenvalue weighted by molar-refractivity contribution is 7.17. The number of hydrogen-bond acceptors (Lipinski definition) is 5. The summed E-state index contributed by atoms with van der Waals surface area (Å²) in [5, 5.41) is 7.12. The van der Waals surface area contributed by atoms with Crippen LogP contribution in [0.3, 0.4) is 0 Å². The Kier molecular flexibility index (Phi) is 2.52. The summed E-state index contributed by atoms with van der Waals surface area (Å²) in [7, 11) is 1.85. The number of nitrogens with zero attached hydrogens (tertiary/aromatic N) is 4. The van der Waals surface area contributed by atoms with Crippen molar-refractivity contribution in [1.82, 2.24) is 19.7 Å². The Morgan fingerprint density at radius 3 is 2.83 bits per heavy atom. The van der Waals surface area contributed by atoms with Gasteiger partial charge in [0.2, 0.25) is 5.88 Å². The van der Waals surface area contributed by atoms with Gasteiger partial charge in [-0.3, -0.25) is 4.68 Å². The molecule has 5 nitrogen and oxygen atoms in total. The monoisotopic (exact) mass is 260 g/mol. The van der Waals surface area contributed by atoms with Crippen molar-refractivity contribution in [1.29, 1.82) is 0 Å². The second-order valence-corrected chi connectivity index (χ2v) is 4.98. The van der Waals surface area contributed by atoms with Gasteiger partial charge in [0.05, 0.1) is 17.8 Å². The Labute approximate surface area is 108 Å². The zero-order chi connectivity index (χ0) is 12.7. The lowest BCUT2D eigenvalue weighted by molar-refractivity contribution is 0.466. The van der Waals surface area contributed by atoms with Crippen LogP contribution in [0.2, 0.25) is 0 Å². The Morgan fingerprint density at radius 1 is 1.28 bits per heavy atom. The first kappa shape index (κ1) is 11.2. The molecule has 0 saturated carbocycles. The molecule has 3 rings (SSSR count). The van der Waals surface area contributed by atoms with Crippen LogP contribution in [0.4, 0.5) is 0 Å². The van der Waals surface area contributed by atoms with Gasteiger partial charge >= 0.3 is 0 Å². The van der Waals surface area contributed by atoms with Crippen molar-refractivity contribution in [2.75, 3.05) is 0 Å². The van der Waals surface area contributed by atoms with Crippen molar-refractivity contribution in [2.45, 2.75) is 13.8 Å². The molecule has 0 aliphatic carbocycles. The molecule has 0 bridgehead atoms. The van der Waals surface area contributed by atoms with Gasteiger partial charge in [-0.05, 0) is 24.8 Å². The highest BCUT2D eigenvalue weighted by atomic mass is 32.1. The molecule has 0 radical (unpaired) electrons. The molecule has 0 spiro atoms. The van der Waals surface area contributed by atoms with E-state index in [-0.39, 0.29) is 0 Å². The average molecular weight is 260 g/mol. The molecule has 3 aromatic heterocycles. The molecule has 0 atom stereocenters. The van der Waals surface area contributed by atoms with E-state index < -0.39 is 0 Å². The van der Waals surface area contributed by atoms with Crippen LogP contribution >= 0.6 is 11.3 Å². The summed E-state index contributed by atoms with van der Waals surface area (Å²) in [5.74, 6) is 2.00. The molecule has 3 aromatic rings. The number of aromatic nitrogens is 4. The Balaban J connectivity index is 2.12. The normalized spacial score (nSPS) is 11.1. The van der Waals surface area contributed by atoms with E-state index in [0.29, 0.717) is 17.5 Å². The lowest BCUT2D eigenvalue weighted by Gasteiger charge is -2.05. The first-order valence-electron chi connectivity index (χ1n) is 5.52. The van der Waals surface area contributed by atoms with Gasteiger partial charge in [0.15, 0.2) is 5.75 Å². The SMILES string of the molecule is Cc1nc(Oc2cnn(C)c2)c2c(C)csc2n1. The number of aryl methyl sites for hydroxylation is 3. The third-order valence-electron chi connectivity index (χ3n) is 2.59. The minimum atomic E-state index is 0.601. The molecule has 0 aliphatic heterocycles. The summed E-state index contributed by atoms with van der Waals surface area (Å²) in [6.45, 7) is 3.90. The fraction of sp³-hybridized carbons (Fsp3) is 0.250. The second kappa shape index (κ2) is 4.06. The summed E-state index contributed by atoms with van der Waals surface area (Å²) in [4.78, 5) is 9.74. The van der Waals surface area contributed by atoms with Gasteiger partial charge in [0.1, 0.15) is 10.7 Å². The Bertz CT molecular complexity index is 716. The van der Waals surface area contributed by atoms with Crippen molar-refractivity contribution in [3.05, 3.63) is 29.2 Å². The molecule has 0 amide bonds. The summed E-state index contributed by atoms with van der Waals surface area (Å²) >= 11 is 1.61. The van der Waals surface area contributed by atoms with E-state index in [0.717, 1.165) is 15.8 Å². The number of hydrogen-bond donors (Lipinski definition) is 0. The third kappa shape index (κ3) is 1.84. The van der Waals surface area contributed by atoms with Crippen LogP contribution in [-0.4, -0.2) is 19.7 Å². The number of rotatable bonds is 2. The first-order valence-corrected chi connectivity index (χ1v) is 6.40. The molecule has 0 aliphatic rings. The molecule has 0 unspecified atom stereocenters. The molecular formula is C12H12N4OS. The van der Waals surface area contributed by atoms with E-state index in [2.05, 4.69) is 20.4 Å². The van der Waals surface area contributed by atoms with Gasteiger partial charge in [-0.1, -0.05) is 0 Å². The Hall–Kier alpha value is -1.95. The van der Waals surface area contributed by atoms with Crippen molar-refractivity contribution in [3.63, 3.8) is 0 Å². The zero-order valence-corrected chi connectivity index (χ0v) is 11.2. The number of thiophene rings is 1. The molecular weight excluding hydrogens is 248 g/mol. The predicted octanol–water partition coefficient (Wildman–Crippen LogP) is 2.83. The lowest BCUT2D eigenvalue weighted by Crippen LogP contribution is -1.93. The van der Waals surface area contributed by atoms with E-state index in [4.69, 9.17) is 4.74 Å². The molecule has 0 aromatic carbocycles. The van der Waals surface area contributed by atoms with Crippen molar-refractivity contribution >= 4 is 21.6 Å². The molecule has 0 saturated heterocycles. The van der Waals surface area contributed by atoms with Crippen LogP contribution in [0.1, 0.15) is 11.4 Å². The highest BCUT2D eigenvalue weighted by Gasteiger charge is 2.13. The van der Waals surface area contributed by atoms with E-state index in [1.165, 1.54) is 0 Å². The standard InChI is InChI=1S/C12H12N4OS/c1-7-6-18-12-10(7)11(14-8(2)15-12)17-9-4-13-16(3)5-9/h4-6H,1-3H3. The molecule has 6 heteroatoms. The number of ether oxygens (including phenoxy) is 1. The minimum Gasteiger partial charge on any atom is -0.435 e. The maximum atomic E-state index is 5.80. The first-order chi connectivity index (χ1) is 8.63. The molecule has 0 fully saturated rings. The van der Waals surface area contributed by atoms with E-state index >= 15 is 0 Å². The van der Waals surface area contributed by atoms with Gasteiger partial charge in [0.25, 0.3) is 0 Å². The third-order valence-corrected chi connectivity index (χ3v) is 3.58. The van der Waals surface area contributed by atoms with Crippen molar-refractivity contribution in [2.24, 2.45) is 7.05 Å². The van der Waals surface area contributed by atoms with E-state index in [9.17, 15) is 0 Å². The zero-order valence-electron chi connectivity index (χ0n) is 10.3. The maximum Gasteiger partial charge on any atom is 0.231 e. The van der Waals surface area contributed by atoms with Crippen LogP contribution in [0.25, 0.3) is 10.2 Å². The van der Waals surface area contributed by atoms with Gasteiger partial charge in [-0.25, -0.2) is 4.98 Å². The topological polar surface area (TPSA) is 52.8 Å². The summed E-state index contributed by atoms with van der Waals surface area (Å²) in [5.41, 5.74) is 1.13. The largest absolute Gasteiger partial charge is 0.435 e. The van der Waals surface area contributed by atoms with Gasteiger partial charge < -0.3 is 4.74 Å². The second-order valence-electron chi connectivity index (χ2n) is 4.13. The minimum absolute atomic E-state index is 0.601. The fourth-order valence-corrected chi connectivity index (χ4v) is 2.74. The molecule has 92 valence electrons. The van der Waals surface area contributed by atoms with E-state index in [1.807, 2.05) is 27.1 Å². The number of fused-ring (bicyclic) bond motifs is 1. The quantitative estimate of drug-likeness (QED) is 0.711. The van der Waals surface area contributed by atoms with Crippen LogP contribution < -0.4 is 4.74 Å². The van der Waals surface area contributed by atoms with E-state index in [1.54, 1.807) is 22.2 Å². The van der Waals surface area contributed by atoms with Crippen molar-refractivity contribution < 1.29 is 4.74 Å². The van der Waals surface area contributed by atoms with Crippen LogP contribution in [0.5, 0.6) is 11.6 Å². The molecule has 3 heterocycles. The molecule has 18 heavy (non-hydrogen) atoms. The lowest BCUT2D eigenvalue weighted by atomic mass is 10.2. The van der Waals surface area contributed by atoms with Gasteiger partial charge in [-0.2, -0.15) is 10.1 Å².